The van der Waals surface area contributed by atoms with Gasteiger partial charge in [0.2, 0.25) is 5.91 Å². The molecule has 24 heavy (non-hydrogen) atoms. The quantitative estimate of drug-likeness (QED) is 0.874. The lowest BCUT2D eigenvalue weighted by Gasteiger charge is -2.15. The summed E-state index contributed by atoms with van der Waals surface area (Å²) >= 11 is 0. The molecule has 6 heteroatoms. The van der Waals surface area contributed by atoms with Gasteiger partial charge in [-0.3, -0.25) is 14.4 Å². The number of carboxylic acid groups (broad SMARTS) is 1. The predicted octanol–water partition coefficient (Wildman–Crippen LogP) is 1.78. The van der Waals surface area contributed by atoms with E-state index in [-0.39, 0.29) is 12.3 Å². The van der Waals surface area contributed by atoms with Gasteiger partial charge in [0.25, 0.3) is 5.91 Å². The van der Waals surface area contributed by atoms with Gasteiger partial charge in [-0.25, -0.2) is 0 Å². The number of nitrogens with two attached hydrogens (primary N) is 1. The van der Waals surface area contributed by atoms with Gasteiger partial charge in [-0.1, -0.05) is 30.3 Å². The van der Waals surface area contributed by atoms with Crippen molar-refractivity contribution in [2.75, 3.05) is 14.1 Å². The summed E-state index contributed by atoms with van der Waals surface area (Å²) in [5.41, 5.74) is 7.68. The highest BCUT2D eigenvalue weighted by Gasteiger charge is 2.18. The molecule has 0 aliphatic carbocycles. The minimum Gasteiger partial charge on any atom is -0.481 e. The fourth-order valence-electron chi connectivity index (χ4n) is 2.45. The van der Waals surface area contributed by atoms with Gasteiger partial charge in [0, 0.05) is 25.2 Å². The number of hydrogen-bond donors (Lipinski definition) is 2. The minimum atomic E-state index is -1.02. The second kappa shape index (κ2) is 6.95. The molecule has 2 rings (SSSR count). The van der Waals surface area contributed by atoms with E-state index in [0.717, 1.165) is 0 Å². The summed E-state index contributed by atoms with van der Waals surface area (Å²) < 4.78 is 0. The van der Waals surface area contributed by atoms with Crippen LogP contribution in [0.5, 0.6) is 0 Å². The van der Waals surface area contributed by atoms with Crippen molar-refractivity contribution in [3.8, 4) is 11.1 Å². The average Bonchev–Trinajstić information content (AvgIpc) is 2.54. The number of carboxylic acids is 1. The molecule has 0 bridgehead atoms. The monoisotopic (exact) mass is 326 g/mol. The number of hydrogen-bond acceptors (Lipinski definition) is 3. The molecule has 2 amide bonds. The molecule has 0 unspecified atom stereocenters. The normalized spacial score (nSPS) is 10.2. The van der Waals surface area contributed by atoms with Crippen LogP contribution in [0.3, 0.4) is 0 Å². The lowest BCUT2D eigenvalue weighted by molar-refractivity contribution is -0.136. The molecule has 0 aliphatic rings. The van der Waals surface area contributed by atoms with Crippen LogP contribution in [0.4, 0.5) is 0 Å². The Morgan fingerprint density at radius 2 is 1.71 bits per heavy atom. The molecule has 3 N–H and O–H groups in total. The summed E-state index contributed by atoms with van der Waals surface area (Å²) in [4.78, 5) is 36.4. The highest BCUT2D eigenvalue weighted by atomic mass is 16.4. The third-order valence-electron chi connectivity index (χ3n) is 3.59. The van der Waals surface area contributed by atoms with Crippen molar-refractivity contribution in [2.24, 2.45) is 5.73 Å². The van der Waals surface area contributed by atoms with Gasteiger partial charge >= 0.3 is 5.97 Å². The van der Waals surface area contributed by atoms with Gasteiger partial charge in [0.05, 0.1) is 6.42 Å². The van der Waals surface area contributed by atoms with Crippen molar-refractivity contribution in [1.29, 1.82) is 0 Å². The van der Waals surface area contributed by atoms with Crippen LogP contribution in [0, 0.1) is 0 Å². The van der Waals surface area contributed by atoms with Crippen LogP contribution in [0.1, 0.15) is 26.3 Å². The van der Waals surface area contributed by atoms with Gasteiger partial charge in [-0.2, -0.15) is 0 Å². The minimum absolute atomic E-state index is 0.257. The summed E-state index contributed by atoms with van der Waals surface area (Å²) in [5, 5.41) is 9.03. The van der Waals surface area contributed by atoms with Gasteiger partial charge in [0.15, 0.2) is 0 Å². The van der Waals surface area contributed by atoms with Crippen LogP contribution >= 0.6 is 0 Å². The topological polar surface area (TPSA) is 101 Å². The molecule has 6 nitrogen and oxygen atoms in total. The number of primary amides is 1. The Labute approximate surface area is 139 Å². The maximum Gasteiger partial charge on any atom is 0.307 e. The molecule has 0 saturated heterocycles. The second-order valence-electron chi connectivity index (χ2n) is 5.55. The lowest BCUT2D eigenvalue weighted by Crippen LogP contribution is -2.23. The molecule has 0 radical (unpaired) electrons. The lowest BCUT2D eigenvalue weighted by atomic mass is 9.94. The highest BCUT2D eigenvalue weighted by Crippen LogP contribution is 2.26. The Morgan fingerprint density at radius 3 is 2.29 bits per heavy atom. The van der Waals surface area contributed by atoms with Gasteiger partial charge in [0.1, 0.15) is 0 Å². The SMILES string of the molecule is CN(C)C(=O)c1cc(-c2ccccc2C(N)=O)ccc1CC(=O)O. The third-order valence-corrected chi connectivity index (χ3v) is 3.59. The molecule has 0 aliphatic heterocycles. The van der Waals surface area contributed by atoms with Crippen LogP contribution in [0.15, 0.2) is 42.5 Å². The largest absolute Gasteiger partial charge is 0.481 e. The molecular weight excluding hydrogens is 308 g/mol. The number of carbonyl (C=O) groups excluding carboxylic acids is 2. The Balaban J connectivity index is 2.62. The fourth-order valence-corrected chi connectivity index (χ4v) is 2.45. The molecule has 0 spiro atoms. The van der Waals surface area contributed by atoms with E-state index in [2.05, 4.69) is 0 Å². The summed E-state index contributed by atoms with van der Waals surface area (Å²) in [5.74, 6) is -1.89. The van der Waals surface area contributed by atoms with Crippen LogP contribution < -0.4 is 5.73 Å². The smallest absolute Gasteiger partial charge is 0.307 e. The van der Waals surface area contributed by atoms with Crippen molar-refractivity contribution in [3.63, 3.8) is 0 Å². The molecule has 0 heterocycles. The first-order chi connectivity index (χ1) is 11.3. The van der Waals surface area contributed by atoms with E-state index in [9.17, 15) is 14.4 Å². The summed E-state index contributed by atoms with van der Waals surface area (Å²) in [7, 11) is 3.19. The van der Waals surface area contributed by atoms with E-state index in [4.69, 9.17) is 10.8 Å². The summed E-state index contributed by atoms with van der Waals surface area (Å²) in [6.45, 7) is 0. The zero-order chi connectivity index (χ0) is 17.9. The molecular formula is C18H18N2O4. The number of rotatable bonds is 5. The third kappa shape index (κ3) is 3.60. The summed E-state index contributed by atoms with van der Waals surface area (Å²) in [6, 6.07) is 11.7. The Morgan fingerprint density at radius 1 is 1.04 bits per heavy atom. The Kier molecular flexibility index (Phi) is 4.99. The second-order valence-corrected chi connectivity index (χ2v) is 5.55. The molecule has 0 saturated carbocycles. The van der Waals surface area contributed by atoms with E-state index in [1.807, 2.05) is 0 Å². The van der Waals surface area contributed by atoms with Crippen molar-refractivity contribution in [2.45, 2.75) is 6.42 Å². The van der Waals surface area contributed by atoms with Crippen LogP contribution in [0.2, 0.25) is 0 Å². The highest BCUT2D eigenvalue weighted by molar-refractivity contribution is 6.02. The number of amides is 2. The van der Waals surface area contributed by atoms with E-state index < -0.39 is 11.9 Å². The van der Waals surface area contributed by atoms with Crippen molar-refractivity contribution >= 4 is 17.8 Å². The zero-order valence-corrected chi connectivity index (χ0v) is 13.4. The zero-order valence-electron chi connectivity index (χ0n) is 13.4. The van der Waals surface area contributed by atoms with Gasteiger partial charge < -0.3 is 15.7 Å². The Bertz CT molecular complexity index is 812. The van der Waals surface area contributed by atoms with Crippen molar-refractivity contribution < 1.29 is 19.5 Å². The molecule has 0 atom stereocenters. The summed E-state index contributed by atoms with van der Waals surface area (Å²) in [6.07, 6.45) is -0.257. The molecule has 124 valence electrons. The Hall–Kier alpha value is -3.15. The van der Waals surface area contributed by atoms with Gasteiger partial charge in [-0.05, 0) is 28.8 Å². The molecule has 0 fully saturated rings. The van der Waals surface area contributed by atoms with E-state index in [1.165, 1.54) is 4.90 Å². The van der Waals surface area contributed by atoms with E-state index >= 15 is 0 Å². The molecule has 2 aromatic rings. The van der Waals surface area contributed by atoms with Crippen LogP contribution in [0.25, 0.3) is 11.1 Å². The molecule has 2 aromatic carbocycles. The van der Waals surface area contributed by atoms with E-state index in [1.54, 1.807) is 56.6 Å². The first kappa shape index (κ1) is 17.2. The predicted molar refractivity (Wildman–Crippen MR) is 89.8 cm³/mol. The standard InChI is InChI=1S/C18H18N2O4/c1-20(2)18(24)15-9-11(7-8-12(15)10-16(21)22)13-5-3-4-6-14(13)17(19)23/h3-9H,10H2,1-2H3,(H2,19,23)(H,21,22). The first-order valence-corrected chi connectivity index (χ1v) is 7.27. The maximum absolute atomic E-state index is 12.4. The molecule has 0 aromatic heterocycles. The number of aliphatic carboxylic acids is 1. The van der Waals surface area contributed by atoms with Gasteiger partial charge in [-0.15, -0.1) is 0 Å². The van der Waals surface area contributed by atoms with Crippen molar-refractivity contribution in [3.05, 3.63) is 59.2 Å². The maximum atomic E-state index is 12.4. The first-order valence-electron chi connectivity index (χ1n) is 7.27. The van der Waals surface area contributed by atoms with E-state index in [0.29, 0.717) is 27.8 Å². The average molecular weight is 326 g/mol. The number of benzene rings is 2. The number of nitrogens with zero attached hydrogens (tertiary/aromatic N) is 1. The van der Waals surface area contributed by atoms with Crippen LogP contribution in [-0.4, -0.2) is 41.9 Å². The number of carbonyl (C=O) groups is 3. The van der Waals surface area contributed by atoms with Crippen LogP contribution in [-0.2, 0) is 11.2 Å². The van der Waals surface area contributed by atoms with Crippen molar-refractivity contribution in [1.82, 2.24) is 4.90 Å². The fraction of sp³-hybridized carbons (Fsp3) is 0.167.